The Morgan fingerprint density at radius 1 is 1.21 bits per heavy atom. The molecule has 0 aromatic carbocycles. The van der Waals surface area contributed by atoms with Crippen molar-refractivity contribution in [3.63, 3.8) is 0 Å². The minimum atomic E-state index is -0.470. The van der Waals surface area contributed by atoms with E-state index >= 15 is 0 Å². The predicted molar refractivity (Wildman–Crippen MR) is 51.8 cm³/mol. The van der Waals surface area contributed by atoms with E-state index in [2.05, 4.69) is 10.6 Å². The number of ketones is 2. The zero-order chi connectivity index (χ0) is 11.1. The molecule has 0 aromatic heterocycles. The topological polar surface area (TPSA) is 75.3 Å². The minimum absolute atomic E-state index is 0.0210. The Kier molecular flexibility index (Phi) is 5.71. The Morgan fingerprint density at radius 3 is 2.14 bits per heavy atom. The lowest BCUT2D eigenvalue weighted by Crippen LogP contribution is -2.39. The highest BCUT2D eigenvalue weighted by atomic mass is 16.2. The summed E-state index contributed by atoms with van der Waals surface area (Å²) in [5.74, 6) is -0.498. The van der Waals surface area contributed by atoms with Gasteiger partial charge in [0.15, 0.2) is 0 Å². The van der Waals surface area contributed by atoms with E-state index in [1.165, 1.54) is 13.8 Å². The van der Waals surface area contributed by atoms with Gasteiger partial charge in [-0.2, -0.15) is 0 Å². The second-order valence-corrected chi connectivity index (χ2v) is 3.13. The van der Waals surface area contributed by atoms with E-state index in [0.29, 0.717) is 0 Å². The predicted octanol–water partition coefficient (Wildman–Crippen LogP) is -0.741. The van der Waals surface area contributed by atoms with Crippen LogP contribution in [-0.2, 0) is 14.4 Å². The van der Waals surface area contributed by atoms with Gasteiger partial charge in [0.25, 0.3) is 0 Å². The second kappa shape index (κ2) is 6.26. The van der Waals surface area contributed by atoms with Gasteiger partial charge >= 0.3 is 0 Å². The number of likely N-dealkylation sites (N-methyl/N-ethyl adjacent to an activating group) is 1. The summed E-state index contributed by atoms with van der Waals surface area (Å²) >= 11 is 0. The van der Waals surface area contributed by atoms with Crippen molar-refractivity contribution in [2.24, 2.45) is 0 Å². The highest BCUT2D eigenvalue weighted by molar-refractivity contribution is 5.90. The molecule has 0 spiro atoms. The molecule has 5 heteroatoms. The molecular formula is C9H16N2O3. The van der Waals surface area contributed by atoms with E-state index in [4.69, 9.17) is 0 Å². The number of Topliss-reactive ketones (excluding diaryl/α,β-unsaturated/α-hetero) is 2. The summed E-state index contributed by atoms with van der Waals surface area (Å²) in [7, 11) is 1.62. The summed E-state index contributed by atoms with van der Waals surface area (Å²) in [5, 5.41) is 5.15. The highest BCUT2D eigenvalue weighted by Gasteiger charge is 2.15. The molecule has 0 heterocycles. The zero-order valence-electron chi connectivity index (χ0n) is 8.72. The van der Waals surface area contributed by atoms with Crippen LogP contribution in [0.2, 0.25) is 0 Å². The van der Waals surface area contributed by atoms with Gasteiger partial charge in [0.2, 0.25) is 5.91 Å². The number of carbonyl (C=O) groups excluding carboxylic acids is 3. The quantitative estimate of drug-likeness (QED) is 0.592. The van der Waals surface area contributed by atoms with Gasteiger partial charge in [0.05, 0.1) is 12.6 Å². The van der Waals surface area contributed by atoms with E-state index < -0.39 is 6.04 Å². The molecular weight excluding hydrogens is 184 g/mol. The van der Waals surface area contributed by atoms with Crippen LogP contribution in [0.3, 0.4) is 0 Å². The molecule has 1 unspecified atom stereocenters. The van der Waals surface area contributed by atoms with E-state index in [9.17, 15) is 14.4 Å². The number of nitrogens with one attached hydrogen (secondary N) is 2. The smallest absolute Gasteiger partial charge is 0.222 e. The number of carbonyl (C=O) groups is 3. The van der Waals surface area contributed by atoms with Crippen LogP contribution in [0.25, 0.3) is 0 Å². The molecule has 0 saturated heterocycles. The Hall–Kier alpha value is -1.23. The van der Waals surface area contributed by atoms with Crippen molar-refractivity contribution in [1.29, 1.82) is 0 Å². The third-order valence-corrected chi connectivity index (χ3v) is 1.76. The number of rotatable bonds is 6. The highest BCUT2D eigenvalue weighted by Crippen LogP contribution is 1.92. The monoisotopic (exact) mass is 200 g/mol. The Bertz CT molecular complexity index is 238. The van der Waals surface area contributed by atoms with Crippen molar-refractivity contribution in [3.05, 3.63) is 0 Å². The first kappa shape index (κ1) is 12.8. The SMILES string of the molecule is CNC(CC(=O)NCC(C)=O)C(C)=O. The molecule has 80 valence electrons. The van der Waals surface area contributed by atoms with Crippen LogP contribution < -0.4 is 10.6 Å². The summed E-state index contributed by atoms with van der Waals surface area (Å²) in [4.78, 5) is 32.6. The van der Waals surface area contributed by atoms with Crippen LogP contribution in [0.4, 0.5) is 0 Å². The Morgan fingerprint density at radius 2 is 1.79 bits per heavy atom. The molecule has 0 aliphatic heterocycles. The van der Waals surface area contributed by atoms with Gasteiger partial charge in [-0.15, -0.1) is 0 Å². The molecule has 0 saturated carbocycles. The van der Waals surface area contributed by atoms with Crippen molar-refractivity contribution in [1.82, 2.24) is 10.6 Å². The van der Waals surface area contributed by atoms with E-state index in [1.807, 2.05) is 0 Å². The largest absolute Gasteiger partial charge is 0.349 e. The Labute approximate surface area is 83.2 Å². The average molecular weight is 200 g/mol. The third-order valence-electron chi connectivity index (χ3n) is 1.76. The molecule has 5 nitrogen and oxygen atoms in total. The van der Waals surface area contributed by atoms with Crippen LogP contribution in [0, 0.1) is 0 Å². The second-order valence-electron chi connectivity index (χ2n) is 3.13. The van der Waals surface area contributed by atoms with Crippen molar-refractivity contribution < 1.29 is 14.4 Å². The lowest BCUT2D eigenvalue weighted by Gasteiger charge is -2.11. The molecule has 0 aliphatic carbocycles. The maximum absolute atomic E-state index is 11.2. The van der Waals surface area contributed by atoms with Gasteiger partial charge < -0.3 is 10.6 Å². The summed E-state index contributed by atoms with van der Waals surface area (Å²) in [5.41, 5.74) is 0. The maximum atomic E-state index is 11.2. The van der Waals surface area contributed by atoms with Crippen molar-refractivity contribution >= 4 is 17.5 Å². The van der Waals surface area contributed by atoms with Crippen LogP contribution >= 0.6 is 0 Å². The Balaban J connectivity index is 3.91. The first-order valence-corrected chi connectivity index (χ1v) is 4.41. The fourth-order valence-corrected chi connectivity index (χ4v) is 0.930. The molecule has 2 N–H and O–H groups in total. The number of hydrogen-bond donors (Lipinski definition) is 2. The van der Waals surface area contributed by atoms with Crippen LogP contribution in [0.5, 0.6) is 0 Å². The van der Waals surface area contributed by atoms with Gasteiger partial charge in [0.1, 0.15) is 11.6 Å². The molecule has 0 aliphatic rings. The van der Waals surface area contributed by atoms with Gasteiger partial charge in [-0.3, -0.25) is 14.4 Å². The molecule has 0 radical (unpaired) electrons. The third kappa shape index (κ3) is 5.42. The summed E-state index contributed by atoms with van der Waals surface area (Å²) in [6, 6.07) is -0.470. The first-order chi connectivity index (χ1) is 6.47. The average Bonchev–Trinajstić information content (AvgIpc) is 2.10. The van der Waals surface area contributed by atoms with Crippen molar-refractivity contribution in [2.45, 2.75) is 26.3 Å². The van der Waals surface area contributed by atoms with Gasteiger partial charge in [-0.25, -0.2) is 0 Å². The first-order valence-electron chi connectivity index (χ1n) is 4.41. The minimum Gasteiger partial charge on any atom is -0.349 e. The van der Waals surface area contributed by atoms with Crippen LogP contribution in [0.15, 0.2) is 0 Å². The number of hydrogen-bond acceptors (Lipinski definition) is 4. The molecule has 0 rings (SSSR count). The van der Waals surface area contributed by atoms with E-state index in [1.54, 1.807) is 7.05 Å². The van der Waals surface area contributed by atoms with Gasteiger partial charge in [-0.05, 0) is 20.9 Å². The number of amides is 1. The normalized spacial score (nSPS) is 11.9. The molecule has 0 aromatic rings. The summed E-state index contributed by atoms with van der Waals surface area (Å²) < 4.78 is 0. The van der Waals surface area contributed by atoms with Gasteiger partial charge in [0, 0.05) is 6.42 Å². The molecule has 1 amide bonds. The van der Waals surface area contributed by atoms with E-state index in [-0.39, 0.29) is 30.4 Å². The van der Waals surface area contributed by atoms with Crippen LogP contribution in [0.1, 0.15) is 20.3 Å². The summed E-state index contributed by atoms with van der Waals surface area (Å²) in [6.07, 6.45) is 0.0686. The van der Waals surface area contributed by atoms with Crippen LogP contribution in [-0.4, -0.2) is 37.1 Å². The fraction of sp³-hybridized carbons (Fsp3) is 0.667. The van der Waals surface area contributed by atoms with Crippen molar-refractivity contribution in [3.8, 4) is 0 Å². The molecule has 0 fully saturated rings. The zero-order valence-corrected chi connectivity index (χ0v) is 8.72. The lowest BCUT2D eigenvalue weighted by atomic mass is 10.1. The molecule has 1 atom stereocenters. The standard InChI is InChI=1S/C9H16N2O3/c1-6(12)5-11-9(14)4-8(10-3)7(2)13/h8,10H,4-5H2,1-3H3,(H,11,14). The van der Waals surface area contributed by atoms with Crippen molar-refractivity contribution in [2.75, 3.05) is 13.6 Å². The van der Waals surface area contributed by atoms with Gasteiger partial charge in [-0.1, -0.05) is 0 Å². The lowest BCUT2D eigenvalue weighted by molar-refractivity contribution is -0.127. The molecule has 14 heavy (non-hydrogen) atoms. The molecule has 0 bridgehead atoms. The van der Waals surface area contributed by atoms with E-state index in [0.717, 1.165) is 0 Å². The maximum Gasteiger partial charge on any atom is 0.222 e. The summed E-state index contributed by atoms with van der Waals surface area (Å²) in [6.45, 7) is 2.83. The fourth-order valence-electron chi connectivity index (χ4n) is 0.930.